The average Bonchev–Trinajstić information content (AvgIpc) is 3.03. The molecule has 1 aliphatic carbocycles. The zero-order chi connectivity index (χ0) is 14.9. The van der Waals surface area contributed by atoms with E-state index in [4.69, 9.17) is 4.98 Å². The Hall–Kier alpha value is -1.32. The van der Waals surface area contributed by atoms with Crippen molar-refractivity contribution in [3.05, 3.63) is 11.9 Å². The van der Waals surface area contributed by atoms with Crippen molar-refractivity contribution in [3.63, 3.8) is 0 Å². The van der Waals surface area contributed by atoms with E-state index in [0.29, 0.717) is 0 Å². The molecule has 2 rings (SSSR count). The summed E-state index contributed by atoms with van der Waals surface area (Å²) in [4.78, 5) is 11.7. The number of rotatable bonds is 5. The van der Waals surface area contributed by atoms with Crippen LogP contribution in [-0.2, 0) is 5.41 Å². The van der Waals surface area contributed by atoms with E-state index in [2.05, 4.69) is 62.9 Å². The van der Waals surface area contributed by atoms with Crippen LogP contribution in [0.3, 0.4) is 0 Å². The van der Waals surface area contributed by atoms with Gasteiger partial charge >= 0.3 is 0 Å². The first-order chi connectivity index (χ1) is 9.31. The molecular formula is C16H28N4. The van der Waals surface area contributed by atoms with Crippen molar-refractivity contribution in [1.29, 1.82) is 0 Å². The van der Waals surface area contributed by atoms with E-state index in [1.165, 1.54) is 6.42 Å². The van der Waals surface area contributed by atoms with E-state index in [1.54, 1.807) is 0 Å². The van der Waals surface area contributed by atoms with E-state index in [-0.39, 0.29) is 5.41 Å². The van der Waals surface area contributed by atoms with Crippen LogP contribution in [0.4, 0.5) is 11.6 Å². The first kappa shape index (κ1) is 15.1. The third-order valence-electron chi connectivity index (χ3n) is 3.92. The zero-order valence-corrected chi connectivity index (χ0v) is 13.7. The minimum absolute atomic E-state index is 0.0338. The van der Waals surface area contributed by atoms with Crippen molar-refractivity contribution < 1.29 is 0 Å². The molecule has 112 valence electrons. The van der Waals surface area contributed by atoms with Gasteiger partial charge in [-0.3, -0.25) is 0 Å². The Bertz CT molecular complexity index is 464. The van der Waals surface area contributed by atoms with Gasteiger partial charge in [-0.05, 0) is 25.2 Å². The van der Waals surface area contributed by atoms with Crippen LogP contribution in [0.5, 0.6) is 0 Å². The second kappa shape index (κ2) is 5.58. The lowest BCUT2D eigenvalue weighted by molar-refractivity contribution is 0.544. The van der Waals surface area contributed by atoms with Crippen molar-refractivity contribution in [3.8, 4) is 0 Å². The molecule has 20 heavy (non-hydrogen) atoms. The Labute approximate surface area is 123 Å². The predicted octanol–water partition coefficient (Wildman–Crippen LogP) is 3.30. The molecule has 0 saturated heterocycles. The highest BCUT2D eigenvalue weighted by Gasteiger charge is 2.33. The monoisotopic (exact) mass is 276 g/mol. The van der Waals surface area contributed by atoms with E-state index in [1.807, 2.05) is 0 Å². The predicted molar refractivity (Wildman–Crippen MR) is 85.4 cm³/mol. The number of hydrogen-bond acceptors (Lipinski definition) is 4. The Balaban J connectivity index is 2.23. The molecule has 1 N–H and O–H groups in total. The van der Waals surface area contributed by atoms with Gasteiger partial charge in [-0.25, -0.2) is 9.97 Å². The van der Waals surface area contributed by atoms with E-state index < -0.39 is 0 Å². The third-order valence-corrected chi connectivity index (χ3v) is 3.92. The van der Waals surface area contributed by atoms with Crippen LogP contribution in [0.15, 0.2) is 6.07 Å². The van der Waals surface area contributed by atoms with Gasteiger partial charge in [-0.15, -0.1) is 0 Å². The number of hydrogen-bond donors (Lipinski definition) is 1. The van der Waals surface area contributed by atoms with Gasteiger partial charge in [0, 0.05) is 31.6 Å². The topological polar surface area (TPSA) is 41.0 Å². The molecule has 2 atom stereocenters. The van der Waals surface area contributed by atoms with E-state index >= 15 is 0 Å². The Kier molecular flexibility index (Phi) is 4.21. The molecule has 1 aromatic heterocycles. The second-order valence-electron chi connectivity index (χ2n) is 7.07. The summed E-state index contributed by atoms with van der Waals surface area (Å²) in [5, 5.41) is 3.32. The van der Waals surface area contributed by atoms with Crippen molar-refractivity contribution in [2.24, 2.45) is 11.8 Å². The fourth-order valence-corrected chi connectivity index (χ4v) is 2.34. The molecule has 1 fully saturated rings. The van der Waals surface area contributed by atoms with Gasteiger partial charge in [0.2, 0.25) is 0 Å². The fourth-order valence-electron chi connectivity index (χ4n) is 2.34. The highest BCUT2D eigenvalue weighted by molar-refractivity contribution is 5.49. The van der Waals surface area contributed by atoms with Crippen molar-refractivity contribution in [2.75, 3.05) is 30.4 Å². The van der Waals surface area contributed by atoms with Gasteiger partial charge in [0.15, 0.2) is 0 Å². The van der Waals surface area contributed by atoms with Gasteiger partial charge in [-0.1, -0.05) is 27.7 Å². The van der Waals surface area contributed by atoms with Crippen molar-refractivity contribution in [2.45, 2.75) is 46.5 Å². The van der Waals surface area contributed by atoms with Gasteiger partial charge in [0.1, 0.15) is 17.5 Å². The highest BCUT2D eigenvalue weighted by Crippen LogP contribution is 2.38. The normalized spacial score (nSPS) is 21.7. The smallest absolute Gasteiger partial charge is 0.138 e. The SMILES string of the molecule is CCNc1cc(N(C)CC2CC2C)nc(C(C)(C)C)n1. The molecule has 0 radical (unpaired) electrons. The zero-order valence-electron chi connectivity index (χ0n) is 13.7. The lowest BCUT2D eigenvalue weighted by Gasteiger charge is -2.23. The highest BCUT2D eigenvalue weighted by atomic mass is 15.2. The van der Waals surface area contributed by atoms with Crippen LogP contribution >= 0.6 is 0 Å². The fraction of sp³-hybridized carbons (Fsp3) is 0.750. The molecule has 1 heterocycles. The summed E-state index contributed by atoms with van der Waals surface area (Å²) < 4.78 is 0. The Morgan fingerprint density at radius 1 is 1.35 bits per heavy atom. The number of anilines is 2. The molecule has 1 aromatic rings. The van der Waals surface area contributed by atoms with Crippen LogP contribution in [0, 0.1) is 11.8 Å². The van der Waals surface area contributed by atoms with Crippen molar-refractivity contribution >= 4 is 11.6 Å². The molecule has 0 amide bonds. The van der Waals surface area contributed by atoms with Crippen LogP contribution in [-0.4, -0.2) is 30.1 Å². The average molecular weight is 276 g/mol. The molecule has 2 unspecified atom stereocenters. The van der Waals surface area contributed by atoms with Gasteiger partial charge in [0.25, 0.3) is 0 Å². The minimum atomic E-state index is -0.0338. The number of aromatic nitrogens is 2. The maximum absolute atomic E-state index is 4.77. The third kappa shape index (κ3) is 3.62. The maximum Gasteiger partial charge on any atom is 0.138 e. The number of nitrogens with one attached hydrogen (secondary N) is 1. The Morgan fingerprint density at radius 3 is 2.50 bits per heavy atom. The van der Waals surface area contributed by atoms with E-state index in [9.17, 15) is 0 Å². The lowest BCUT2D eigenvalue weighted by atomic mass is 9.96. The van der Waals surface area contributed by atoms with Crippen LogP contribution in [0.25, 0.3) is 0 Å². The summed E-state index contributed by atoms with van der Waals surface area (Å²) in [5.41, 5.74) is -0.0338. The Morgan fingerprint density at radius 2 is 2.00 bits per heavy atom. The summed E-state index contributed by atoms with van der Waals surface area (Å²) >= 11 is 0. The van der Waals surface area contributed by atoms with Gasteiger partial charge < -0.3 is 10.2 Å². The summed E-state index contributed by atoms with van der Waals surface area (Å²) in [7, 11) is 2.13. The van der Waals surface area contributed by atoms with Gasteiger partial charge in [-0.2, -0.15) is 0 Å². The van der Waals surface area contributed by atoms with Gasteiger partial charge in [0.05, 0.1) is 0 Å². The molecule has 4 heteroatoms. The largest absolute Gasteiger partial charge is 0.370 e. The molecular weight excluding hydrogens is 248 g/mol. The summed E-state index contributed by atoms with van der Waals surface area (Å²) in [6.07, 6.45) is 1.35. The summed E-state index contributed by atoms with van der Waals surface area (Å²) in [5.74, 6) is 4.56. The standard InChI is InChI=1S/C16H28N4/c1-7-17-13-9-14(19-15(18-13)16(3,4)5)20(6)10-12-8-11(12)2/h9,11-12H,7-8,10H2,1-6H3,(H,17,18,19). The molecule has 1 aliphatic rings. The van der Waals surface area contributed by atoms with Crippen LogP contribution in [0.1, 0.15) is 46.9 Å². The molecule has 0 bridgehead atoms. The molecule has 0 aromatic carbocycles. The van der Waals surface area contributed by atoms with Crippen LogP contribution < -0.4 is 10.2 Å². The number of nitrogens with zero attached hydrogens (tertiary/aromatic N) is 3. The second-order valence-corrected chi connectivity index (χ2v) is 7.07. The lowest BCUT2D eigenvalue weighted by Crippen LogP contribution is -2.25. The summed E-state index contributed by atoms with van der Waals surface area (Å²) in [6, 6.07) is 2.06. The minimum Gasteiger partial charge on any atom is -0.370 e. The molecule has 4 nitrogen and oxygen atoms in total. The van der Waals surface area contributed by atoms with E-state index in [0.717, 1.165) is 42.4 Å². The molecule has 0 spiro atoms. The molecule has 0 aliphatic heterocycles. The molecule has 1 saturated carbocycles. The first-order valence-corrected chi connectivity index (χ1v) is 7.65. The first-order valence-electron chi connectivity index (χ1n) is 7.65. The maximum atomic E-state index is 4.77. The quantitative estimate of drug-likeness (QED) is 0.896. The van der Waals surface area contributed by atoms with Crippen molar-refractivity contribution in [1.82, 2.24) is 9.97 Å². The van der Waals surface area contributed by atoms with Crippen LogP contribution in [0.2, 0.25) is 0 Å². The summed E-state index contributed by atoms with van der Waals surface area (Å²) in [6.45, 7) is 12.9.